The van der Waals surface area contributed by atoms with E-state index in [1.54, 1.807) is 0 Å². The predicted octanol–water partition coefficient (Wildman–Crippen LogP) is 1.05. The fraction of sp³-hybridized carbons (Fsp3) is 0.923. The molecule has 1 atom stereocenters. The predicted molar refractivity (Wildman–Crippen MR) is 66.5 cm³/mol. The lowest BCUT2D eigenvalue weighted by Gasteiger charge is -2.27. The minimum atomic E-state index is 0.194. The molecule has 3 N–H and O–H groups in total. The van der Waals surface area contributed by atoms with Crippen molar-refractivity contribution in [3.05, 3.63) is 0 Å². The van der Waals surface area contributed by atoms with E-state index < -0.39 is 0 Å². The molecule has 98 valence electrons. The molecule has 4 heteroatoms. The lowest BCUT2D eigenvalue weighted by Crippen LogP contribution is -2.39. The number of hydrogen-bond acceptors (Lipinski definition) is 3. The number of carbonyl (C=O) groups excluding carboxylic acids is 1. The first-order valence-electron chi connectivity index (χ1n) is 6.86. The van der Waals surface area contributed by atoms with Gasteiger partial charge in [0.15, 0.2) is 0 Å². The number of carbonyl (C=O) groups is 1. The van der Waals surface area contributed by atoms with Gasteiger partial charge in [-0.1, -0.05) is 0 Å². The molecule has 0 bridgehead atoms. The van der Waals surface area contributed by atoms with Gasteiger partial charge in [0.05, 0.1) is 6.61 Å². The average Bonchev–Trinajstić information content (AvgIpc) is 2.38. The fourth-order valence-corrected chi connectivity index (χ4v) is 2.74. The quantitative estimate of drug-likeness (QED) is 0.775. The minimum absolute atomic E-state index is 0.194. The summed E-state index contributed by atoms with van der Waals surface area (Å²) in [5.41, 5.74) is 5.84. The molecule has 0 aromatic heterocycles. The molecule has 4 nitrogen and oxygen atoms in total. The molecule has 17 heavy (non-hydrogen) atoms. The van der Waals surface area contributed by atoms with Crippen molar-refractivity contribution in [1.29, 1.82) is 0 Å². The van der Waals surface area contributed by atoms with E-state index in [0.29, 0.717) is 12.0 Å². The SMILES string of the molecule is NC1CCC(C(=O)NCC2CCCOC2)CC1. The third-order valence-corrected chi connectivity index (χ3v) is 3.96. The highest BCUT2D eigenvalue weighted by atomic mass is 16.5. The van der Waals surface area contributed by atoms with Crippen LogP contribution in [0.25, 0.3) is 0 Å². The Morgan fingerprint density at radius 3 is 2.65 bits per heavy atom. The van der Waals surface area contributed by atoms with Crippen molar-refractivity contribution in [3.8, 4) is 0 Å². The van der Waals surface area contributed by atoms with Gasteiger partial charge >= 0.3 is 0 Å². The van der Waals surface area contributed by atoms with Gasteiger partial charge in [-0.25, -0.2) is 0 Å². The van der Waals surface area contributed by atoms with Crippen molar-refractivity contribution in [2.45, 2.75) is 44.6 Å². The van der Waals surface area contributed by atoms with Crippen molar-refractivity contribution >= 4 is 5.91 Å². The number of amides is 1. The van der Waals surface area contributed by atoms with Gasteiger partial charge < -0.3 is 15.8 Å². The maximum atomic E-state index is 12.0. The zero-order chi connectivity index (χ0) is 12.1. The Morgan fingerprint density at radius 1 is 1.24 bits per heavy atom. The van der Waals surface area contributed by atoms with E-state index in [-0.39, 0.29) is 11.8 Å². The Hall–Kier alpha value is -0.610. The number of hydrogen-bond donors (Lipinski definition) is 2. The van der Waals surface area contributed by atoms with Crippen molar-refractivity contribution < 1.29 is 9.53 Å². The molecule has 0 spiro atoms. The Balaban J connectivity index is 1.66. The van der Waals surface area contributed by atoms with Crippen LogP contribution >= 0.6 is 0 Å². The molecule has 1 saturated carbocycles. The Bertz CT molecular complexity index is 244. The number of nitrogens with two attached hydrogens (primary N) is 1. The molecule has 1 aliphatic carbocycles. The normalized spacial score (nSPS) is 34.3. The van der Waals surface area contributed by atoms with E-state index in [0.717, 1.165) is 51.9 Å². The van der Waals surface area contributed by atoms with Crippen LogP contribution in [0.4, 0.5) is 0 Å². The summed E-state index contributed by atoms with van der Waals surface area (Å²) >= 11 is 0. The zero-order valence-electron chi connectivity index (χ0n) is 10.5. The van der Waals surface area contributed by atoms with Gasteiger partial charge in [-0.2, -0.15) is 0 Å². The maximum Gasteiger partial charge on any atom is 0.223 e. The molecule has 1 heterocycles. The maximum absolute atomic E-state index is 12.0. The highest BCUT2D eigenvalue weighted by Gasteiger charge is 2.25. The number of ether oxygens (including phenoxy) is 1. The number of nitrogens with one attached hydrogen (secondary N) is 1. The minimum Gasteiger partial charge on any atom is -0.381 e. The van der Waals surface area contributed by atoms with Gasteiger partial charge in [-0.05, 0) is 44.4 Å². The van der Waals surface area contributed by atoms with Gasteiger partial charge in [-0.15, -0.1) is 0 Å². The highest BCUT2D eigenvalue weighted by molar-refractivity contribution is 5.78. The standard InChI is InChI=1S/C13H24N2O2/c14-12-5-3-11(4-6-12)13(16)15-8-10-2-1-7-17-9-10/h10-12H,1-9,14H2,(H,15,16). The summed E-state index contributed by atoms with van der Waals surface area (Å²) in [4.78, 5) is 12.0. The summed E-state index contributed by atoms with van der Waals surface area (Å²) < 4.78 is 5.41. The van der Waals surface area contributed by atoms with Crippen molar-refractivity contribution in [1.82, 2.24) is 5.32 Å². The van der Waals surface area contributed by atoms with E-state index in [1.807, 2.05) is 0 Å². The largest absolute Gasteiger partial charge is 0.381 e. The van der Waals surface area contributed by atoms with Crippen molar-refractivity contribution in [2.24, 2.45) is 17.6 Å². The van der Waals surface area contributed by atoms with E-state index >= 15 is 0 Å². The van der Waals surface area contributed by atoms with Crippen molar-refractivity contribution in [3.63, 3.8) is 0 Å². The zero-order valence-corrected chi connectivity index (χ0v) is 10.5. The molecule has 0 aromatic rings. The monoisotopic (exact) mass is 240 g/mol. The van der Waals surface area contributed by atoms with Gasteiger partial charge in [0, 0.05) is 25.1 Å². The van der Waals surface area contributed by atoms with Gasteiger partial charge in [-0.3, -0.25) is 4.79 Å². The van der Waals surface area contributed by atoms with Crippen LogP contribution in [-0.2, 0) is 9.53 Å². The molecule has 0 radical (unpaired) electrons. The molecule has 1 amide bonds. The summed E-state index contributed by atoms with van der Waals surface area (Å²) in [6.07, 6.45) is 6.19. The van der Waals surface area contributed by atoms with E-state index in [9.17, 15) is 4.79 Å². The van der Waals surface area contributed by atoms with Crippen LogP contribution in [0.5, 0.6) is 0 Å². The number of rotatable bonds is 3. The second kappa shape index (κ2) is 6.36. The van der Waals surface area contributed by atoms with Crippen LogP contribution in [-0.4, -0.2) is 31.7 Å². The third-order valence-electron chi connectivity index (χ3n) is 3.96. The Morgan fingerprint density at radius 2 is 2.00 bits per heavy atom. The molecule has 2 fully saturated rings. The van der Waals surface area contributed by atoms with Gasteiger partial charge in [0.25, 0.3) is 0 Å². The average molecular weight is 240 g/mol. The first-order chi connectivity index (χ1) is 8.25. The van der Waals surface area contributed by atoms with E-state index in [2.05, 4.69) is 5.32 Å². The van der Waals surface area contributed by atoms with Crippen LogP contribution in [0.15, 0.2) is 0 Å². The van der Waals surface area contributed by atoms with Crippen LogP contribution in [0, 0.1) is 11.8 Å². The van der Waals surface area contributed by atoms with Crippen LogP contribution in [0.1, 0.15) is 38.5 Å². The smallest absolute Gasteiger partial charge is 0.223 e. The van der Waals surface area contributed by atoms with E-state index in [1.165, 1.54) is 6.42 Å². The molecule has 1 saturated heterocycles. The summed E-state index contributed by atoms with van der Waals surface area (Å²) in [5.74, 6) is 0.931. The summed E-state index contributed by atoms with van der Waals surface area (Å²) in [6.45, 7) is 2.46. The molecule has 0 aromatic carbocycles. The van der Waals surface area contributed by atoms with Crippen LogP contribution in [0.3, 0.4) is 0 Å². The lowest BCUT2D eigenvalue weighted by molar-refractivity contribution is -0.126. The summed E-state index contributed by atoms with van der Waals surface area (Å²) in [5, 5.41) is 3.08. The molecule has 1 aliphatic heterocycles. The fourth-order valence-electron chi connectivity index (χ4n) is 2.74. The second-order valence-corrected chi connectivity index (χ2v) is 5.44. The highest BCUT2D eigenvalue weighted by Crippen LogP contribution is 2.23. The van der Waals surface area contributed by atoms with Gasteiger partial charge in [0.2, 0.25) is 5.91 Å². The van der Waals surface area contributed by atoms with Crippen molar-refractivity contribution in [2.75, 3.05) is 19.8 Å². The molecular formula is C13H24N2O2. The van der Waals surface area contributed by atoms with Crippen LogP contribution < -0.4 is 11.1 Å². The molecule has 1 unspecified atom stereocenters. The Labute approximate surface area is 103 Å². The van der Waals surface area contributed by atoms with E-state index in [4.69, 9.17) is 10.5 Å². The first-order valence-corrected chi connectivity index (χ1v) is 6.86. The third kappa shape index (κ3) is 3.96. The van der Waals surface area contributed by atoms with Gasteiger partial charge in [0.1, 0.15) is 0 Å². The molecule has 2 rings (SSSR count). The summed E-state index contributed by atoms with van der Waals surface area (Å²) in [7, 11) is 0. The second-order valence-electron chi connectivity index (χ2n) is 5.44. The lowest BCUT2D eigenvalue weighted by atomic mass is 9.86. The molecule has 2 aliphatic rings. The Kier molecular flexibility index (Phi) is 4.80. The topological polar surface area (TPSA) is 64.4 Å². The summed E-state index contributed by atoms with van der Waals surface area (Å²) in [6, 6.07) is 0.311. The van der Waals surface area contributed by atoms with Crippen LogP contribution in [0.2, 0.25) is 0 Å². The molecular weight excluding hydrogens is 216 g/mol. The first kappa shape index (κ1) is 12.8.